The summed E-state index contributed by atoms with van der Waals surface area (Å²) >= 11 is 0. The Labute approximate surface area is 114 Å². The molecule has 106 valence electrons. The summed E-state index contributed by atoms with van der Waals surface area (Å²) in [6.45, 7) is 1.91. The van der Waals surface area contributed by atoms with Crippen LogP contribution in [0.1, 0.15) is 12.0 Å². The Kier molecular flexibility index (Phi) is 3.61. The lowest BCUT2D eigenvalue weighted by molar-refractivity contribution is 0.586. The first kappa shape index (κ1) is 14.3. The van der Waals surface area contributed by atoms with Gasteiger partial charge in [-0.05, 0) is 25.5 Å². The molecule has 1 heterocycles. The Morgan fingerprint density at radius 2 is 1.79 bits per heavy atom. The molecule has 0 radical (unpaired) electrons. The smallest absolute Gasteiger partial charge is 0.232 e. The summed E-state index contributed by atoms with van der Waals surface area (Å²) in [5, 5.41) is 0. The predicted octanol–water partition coefficient (Wildman–Crippen LogP) is 0.948. The number of benzene rings is 1. The van der Waals surface area contributed by atoms with Crippen molar-refractivity contribution in [2.75, 3.05) is 22.1 Å². The fourth-order valence-electron chi connectivity index (χ4n) is 2.33. The van der Waals surface area contributed by atoms with E-state index in [2.05, 4.69) is 0 Å². The van der Waals surface area contributed by atoms with Crippen LogP contribution in [-0.2, 0) is 19.9 Å². The van der Waals surface area contributed by atoms with Gasteiger partial charge in [0, 0.05) is 0 Å². The molecule has 19 heavy (non-hydrogen) atoms. The minimum absolute atomic E-state index is 0.0511. The van der Waals surface area contributed by atoms with Crippen LogP contribution in [0.4, 0.5) is 5.69 Å². The Bertz CT molecular complexity index is 662. The number of aryl methyl sites for hydroxylation is 1. The van der Waals surface area contributed by atoms with Crippen LogP contribution in [0.25, 0.3) is 0 Å². The van der Waals surface area contributed by atoms with E-state index in [1.54, 1.807) is 12.1 Å². The summed E-state index contributed by atoms with van der Waals surface area (Å²) in [5.41, 5.74) is 1.55. The normalized spacial score (nSPS) is 22.3. The maximum Gasteiger partial charge on any atom is 0.232 e. The highest BCUT2D eigenvalue weighted by atomic mass is 32.2. The number of hydrogen-bond donors (Lipinski definition) is 0. The summed E-state index contributed by atoms with van der Waals surface area (Å²) < 4.78 is 48.2. The third-order valence-electron chi connectivity index (χ3n) is 3.19. The predicted molar refractivity (Wildman–Crippen MR) is 75.6 cm³/mol. The summed E-state index contributed by atoms with van der Waals surface area (Å²) in [6, 6.07) is 6.55. The first-order valence-electron chi connectivity index (χ1n) is 5.95. The van der Waals surface area contributed by atoms with E-state index in [9.17, 15) is 16.8 Å². The zero-order valence-electron chi connectivity index (χ0n) is 10.9. The van der Waals surface area contributed by atoms with E-state index in [0.29, 0.717) is 12.1 Å². The second kappa shape index (κ2) is 4.79. The van der Waals surface area contributed by atoms with E-state index in [1.165, 1.54) is 4.31 Å². The lowest BCUT2D eigenvalue weighted by Crippen LogP contribution is -2.40. The van der Waals surface area contributed by atoms with E-state index in [1.807, 2.05) is 19.1 Å². The second-order valence-electron chi connectivity index (χ2n) is 4.95. The molecule has 1 fully saturated rings. The van der Waals surface area contributed by atoms with Gasteiger partial charge in [-0.25, -0.2) is 16.8 Å². The van der Waals surface area contributed by atoms with Crippen molar-refractivity contribution in [2.45, 2.75) is 19.4 Å². The monoisotopic (exact) mass is 303 g/mol. The van der Waals surface area contributed by atoms with Gasteiger partial charge >= 0.3 is 0 Å². The maximum atomic E-state index is 11.9. The molecule has 0 amide bonds. The minimum Gasteiger partial charge on any atom is -0.266 e. The van der Waals surface area contributed by atoms with Gasteiger partial charge in [0.15, 0.2) is 9.84 Å². The molecular formula is C12H17NO4S2. The highest BCUT2D eigenvalue weighted by Gasteiger charge is 2.36. The lowest BCUT2D eigenvalue weighted by Gasteiger charge is -2.28. The maximum absolute atomic E-state index is 11.9. The fourth-order valence-corrected chi connectivity index (χ4v) is 5.35. The van der Waals surface area contributed by atoms with Crippen molar-refractivity contribution in [2.24, 2.45) is 0 Å². The molecule has 0 bridgehead atoms. The molecule has 5 nitrogen and oxygen atoms in total. The molecule has 0 aromatic heterocycles. The van der Waals surface area contributed by atoms with Crippen LogP contribution in [0, 0.1) is 6.92 Å². The third-order valence-corrected chi connectivity index (χ3v) is 6.16. The number of rotatable bonds is 3. The SMILES string of the molecule is Cc1ccc(N([C@H]2CCS(=O)(=O)C2)S(C)(=O)=O)cc1. The van der Waals surface area contributed by atoms with E-state index in [4.69, 9.17) is 0 Å². The van der Waals surface area contributed by atoms with Crippen molar-refractivity contribution in [3.05, 3.63) is 29.8 Å². The molecule has 0 N–H and O–H groups in total. The van der Waals surface area contributed by atoms with Crippen molar-refractivity contribution in [3.63, 3.8) is 0 Å². The Morgan fingerprint density at radius 3 is 2.21 bits per heavy atom. The van der Waals surface area contributed by atoms with E-state index >= 15 is 0 Å². The first-order valence-corrected chi connectivity index (χ1v) is 9.62. The number of anilines is 1. The second-order valence-corrected chi connectivity index (χ2v) is 9.04. The molecule has 1 aliphatic heterocycles. The van der Waals surface area contributed by atoms with Crippen molar-refractivity contribution in [1.82, 2.24) is 0 Å². The molecule has 0 spiro atoms. The number of sulfonamides is 1. The van der Waals surface area contributed by atoms with Crippen molar-refractivity contribution < 1.29 is 16.8 Å². The Hall–Kier alpha value is -1.08. The van der Waals surface area contributed by atoms with E-state index in [0.717, 1.165) is 11.8 Å². The summed E-state index contributed by atoms with van der Waals surface area (Å²) in [4.78, 5) is 0. The van der Waals surface area contributed by atoms with Crippen LogP contribution in [0.3, 0.4) is 0 Å². The number of hydrogen-bond acceptors (Lipinski definition) is 4. The quantitative estimate of drug-likeness (QED) is 0.833. The molecule has 1 atom stereocenters. The molecule has 1 aromatic carbocycles. The van der Waals surface area contributed by atoms with Gasteiger partial charge in [-0.1, -0.05) is 17.7 Å². The van der Waals surface area contributed by atoms with Gasteiger partial charge in [0.2, 0.25) is 10.0 Å². The van der Waals surface area contributed by atoms with Crippen LogP contribution >= 0.6 is 0 Å². The fraction of sp³-hybridized carbons (Fsp3) is 0.500. The van der Waals surface area contributed by atoms with Gasteiger partial charge in [-0.15, -0.1) is 0 Å². The average Bonchev–Trinajstić information content (AvgIpc) is 2.60. The zero-order valence-corrected chi connectivity index (χ0v) is 12.5. The molecule has 7 heteroatoms. The van der Waals surface area contributed by atoms with Gasteiger partial charge < -0.3 is 0 Å². The molecular weight excluding hydrogens is 286 g/mol. The van der Waals surface area contributed by atoms with Gasteiger partial charge in [-0.3, -0.25) is 4.31 Å². The van der Waals surface area contributed by atoms with Crippen molar-refractivity contribution >= 4 is 25.5 Å². The molecule has 2 rings (SSSR count). The van der Waals surface area contributed by atoms with Crippen LogP contribution in [0.5, 0.6) is 0 Å². The molecule has 0 unspecified atom stereocenters. The number of nitrogens with zero attached hydrogens (tertiary/aromatic N) is 1. The van der Waals surface area contributed by atoms with Crippen LogP contribution in [-0.4, -0.2) is 40.6 Å². The highest BCUT2D eigenvalue weighted by Crippen LogP contribution is 2.27. The molecule has 1 saturated heterocycles. The van der Waals surface area contributed by atoms with E-state index in [-0.39, 0.29) is 11.5 Å². The lowest BCUT2D eigenvalue weighted by atomic mass is 10.2. The first-order chi connectivity index (χ1) is 8.69. The standard InChI is InChI=1S/C12H17NO4S2/c1-10-3-5-11(6-4-10)13(18(2,14)15)12-7-8-19(16,17)9-12/h3-6,12H,7-9H2,1-2H3/t12-/m0/s1. The summed E-state index contributed by atoms with van der Waals surface area (Å²) in [6.07, 6.45) is 1.46. The van der Waals surface area contributed by atoms with Crippen LogP contribution in [0.2, 0.25) is 0 Å². The van der Waals surface area contributed by atoms with Gasteiger partial charge in [0.25, 0.3) is 0 Å². The molecule has 1 aromatic rings. The highest BCUT2D eigenvalue weighted by molar-refractivity contribution is 7.93. The third kappa shape index (κ3) is 3.27. The average molecular weight is 303 g/mol. The van der Waals surface area contributed by atoms with Gasteiger partial charge in [0.05, 0.1) is 29.5 Å². The van der Waals surface area contributed by atoms with E-state index < -0.39 is 25.9 Å². The van der Waals surface area contributed by atoms with Crippen molar-refractivity contribution in [3.8, 4) is 0 Å². The van der Waals surface area contributed by atoms with Gasteiger partial charge in [-0.2, -0.15) is 0 Å². The largest absolute Gasteiger partial charge is 0.266 e. The van der Waals surface area contributed by atoms with Gasteiger partial charge in [0.1, 0.15) is 0 Å². The molecule has 1 aliphatic rings. The topological polar surface area (TPSA) is 71.5 Å². The Morgan fingerprint density at radius 1 is 1.21 bits per heavy atom. The molecule has 0 aliphatic carbocycles. The van der Waals surface area contributed by atoms with Crippen molar-refractivity contribution in [1.29, 1.82) is 0 Å². The van der Waals surface area contributed by atoms with Crippen LogP contribution < -0.4 is 4.31 Å². The molecule has 0 saturated carbocycles. The Balaban J connectivity index is 2.41. The summed E-state index contributed by atoms with van der Waals surface area (Å²) in [5.74, 6) is -0.0521. The minimum atomic E-state index is -3.50. The van der Waals surface area contributed by atoms with Crippen LogP contribution in [0.15, 0.2) is 24.3 Å². The summed E-state index contributed by atoms with van der Waals surface area (Å²) in [7, 11) is -6.62. The number of sulfone groups is 1. The zero-order chi connectivity index (χ0) is 14.3.